The van der Waals surface area contributed by atoms with Gasteiger partial charge in [-0.15, -0.1) is 11.3 Å². The first-order chi connectivity index (χ1) is 18.1. The van der Waals surface area contributed by atoms with Crippen LogP contribution >= 0.6 is 11.3 Å². The number of rotatable bonds is 11. The number of halogens is 3. The summed E-state index contributed by atoms with van der Waals surface area (Å²) in [4.78, 5) is 9.99. The number of hydrogen-bond acceptors (Lipinski definition) is 5. The molecule has 0 atom stereocenters. The van der Waals surface area contributed by atoms with Crippen LogP contribution in [0.4, 0.5) is 24.0 Å². The van der Waals surface area contributed by atoms with Gasteiger partial charge in [0.2, 0.25) is 0 Å². The summed E-state index contributed by atoms with van der Waals surface area (Å²) < 4.78 is 39.5. The third-order valence-electron chi connectivity index (χ3n) is 6.34. The Labute approximate surface area is 226 Å². The number of nitrogen functional groups attached to an aromatic ring is 1. The Balaban J connectivity index is 1.86. The lowest BCUT2D eigenvalue weighted by Crippen LogP contribution is -2.23. The molecule has 0 aliphatic heterocycles. The Morgan fingerprint density at radius 2 is 1.97 bits per heavy atom. The van der Waals surface area contributed by atoms with E-state index in [9.17, 15) is 13.2 Å². The Morgan fingerprint density at radius 1 is 1.24 bits per heavy atom. The van der Waals surface area contributed by atoms with Crippen LogP contribution in [-0.4, -0.2) is 35.1 Å². The van der Waals surface area contributed by atoms with Gasteiger partial charge in [0, 0.05) is 12.1 Å². The molecular formula is C28H35F3N6S. The topological polar surface area (TPSA) is 80.6 Å². The lowest BCUT2D eigenvalue weighted by molar-refractivity contribution is -0.133. The standard InChI is InChI=1S/C28H35F3N6S/c1-5-21(12-11-19(2)15-16-28(29,30)31)17-34-26(36-20(3)24-13-14-25(32)38-24)23-18-35-37(27(23)33-4)22-9-7-6-8-10-22/h5,11-14,18,22H,2-4,6-10,15-17,32H2,1H3,(H,34,36)/b12-11-,21-5+. The summed E-state index contributed by atoms with van der Waals surface area (Å²) in [6.07, 6.45) is 7.30. The molecule has 1 aliphatic carbocycles. The van der Waals surface area contributed by atoms with Gasteiger partial charge in [0.15, 0.2) is 5.82 Å². The zero-order valence-corrected chi connectivity index (χ0v) is 22.5. The van der Waals surface area contributed by atoms with E-state index in [4.69, 9.17) is 10.7 Å². The molecule has 3 rings (SSSR count). The number of nitrogens with zero attached hydrogens (tertiary/aromatic N) is 4. The molecule has 0 spiro atoms. The van der Waals surface area contributed by atoms with Gasteiger partial charge in [-0.1, -0.05) is 56.2 Å². The van der Waals surface area contributed by atoms with Crippen LogP contribution in [0.25, 0.3) is 5.70 Å². The molecule has 6 nitrogen and oxygen atoms in total. The van der Waals surface area contributed by atoms with Gasteiger partial charge in [0.25, 0.3) is 0 Å². The SMILES string of the molecule is C=Nc1c(/C(=N\CC(/C=C\C(=C)CCC(F)(F)F)=C/C)NC(=C)c2ccc(N)s2)cnn1C1CCCCC1. The number of hydrogen-bond donors (Lipinski definition) is 2. The Kier molecular flexibility index (Phi) is 10.3. The number of nitrogens with two attached hydrogens (primary N) is 1. The first-order valence-electron chi connectivity index (χ1n) is 12.6. The number of aliphatic imine (C=N–C) groups is 2. The van der Waals surface area contributed by atoms with Crippen molar-refractivity contribution in [2.24, 2.45) is 9.98 Å². The van der Waals surface area contributed by atoms with E-state index >= 15 is 0 Å². The van der Waals surface area contributed by atoms with Gasteiger partial charge in [-0.05, 0) is 50.6 Å². The second-order valence-corrected chi connectivity index (χ2v) is 10.3. The van der Waals surface area contributed by atoms with Gasteiger partial charge in [-0.3, -0.25) is 4.99 Å². The van der Waals surface area contributed by atoms with E-state index in [1.165, 1.54) is 17.8 Å². The number of alkyl halides is 3. The second kappa shape index (κ2) is 13.4. The third-order valence-corrected chi connectivity index (χ3v) is 7.32. The maximum absolute atomic E-state index is 12.5. The molecule has 0 saturated heterocycles. The highest BCUT2D eigenvalue weighted by Gasteiger charge is 2.26. The summed E-state index contributed by atoms with van der Waals surface area (Å²) in [5.41, 5.74) is 8.45. The van der Waals surface area contributed by atoms with Gasteiger partial charge in [0.1, 0.15) is 5.84 Å². The van der Waals surface area contributed by atoms with E-state index in [1.807, 2.05) is 29.8 Å². The minimum Gasteiger partial charge on any atom is -0.391 e. The minimum absolute atomic E-state index is 0.147. The minimum atomic E-state index is -4.21. The van der Waals surface area contributed by atoms with E-state index in [0.29, 0.717) is 33.5 Å². The number of allylic oxidation sites excluding steroid dienone is 3. The molecule has 0 unspecified atom stereocenters. The quantitative estimate of drug-likeness (QED) is 0.172. The molecule has 1 fully saturated rings. The maximum atomic E-state index is 12.5. The van der Waals surface area contributed by atoms with Gasteiger partial charge in [-0.25, -0.2) is 9.67 Å². The van der Waals surface area contributed by atoms with Gasteiger partial charge in [-0.2, -0.15) is 18.3 Å². The van der Waals surface area contributed by atoms with Crippen LogP contribution < -0.4 is 11.1 Å². The van der Waals surface area contributed by atoms with Crippen LogP contribution in [-0.2, 0) is 0 Å². The molecule has 0 bridgehead atoms. The molecule has 2 aromatic rings. The third kappa shape index (κ3) is 8.31. The highest BCUT2D eigenvalue weighted by molar-refractivity contribution is 7.16. The lowest BCUT2D eigenvalue weighted by atomic mass is 9.95. The molecule has 0 amide bonds. The van der Waals surface area contributed by atoms with Crippen molar-refractivity contribution in [1.82, 2.24) is 15.1 Å². The fourth-order valence-corrected chi connectivity index (χ4v) is 4.91. The fourth-order valence-electron chi connectivity index (χ4n) is 4.21. The number of anilines is 1. The highest BCUT2D eigenvalue weighted by atomic mass is 32.1. The maximum Gasteiger partial charge on any atom is 0.389 e. The summed E-state index contributed by atoms with van der Waals surface area (Å²) in [7, 11) is 0. The van der Waals surface area contributed by atoms with Crippen molar-refractivity contribution in [2.75, 3.05) is 12.3 Å². The molecule has 1 aliphatic rings. The van der Waals surface area contributed by atoms with Crippen LogP contribution in [0.3, 0.4) is 0 Å². The van der Waals surface area contributed by atoms with Crippen molar-refractivity contribution in [1.29, 1.82) is 0 Å². The number of aromatic nitrogens is 2. The summed E-state index contributed by atoms with van der Waals surface area (Å²) in [6.45, 7) is 13.8. The van der Waals surface area contributed by atoms with Crippen molar-refractivity contribution in [3.05, 3.63) is 71.3 Å². The Bertz CT molecular complexity index is 1230. The van der Waals surface area contributed by atoms with Crippen LogP contribution in [0.1, 0.15) is 68.4 Å². The number of thiophene rings is 1. The summed E-state index contributed by atoms with van der Waals surface area (Å²) in [6, 6.07) is 3.96. The highest BCUT2D eigenvalue weighted by Crippen LogP contribution is 2.33. The van der Waals surface area contributed by atoms with Gasteiger partial charge >= 0.3 is 6.18 Å². The first kappa shape index (κ1) is 29.2. The average molecular weight is 545 g/mol. The molecule has 2 aromatic heterocycles. The van der Waals surface area contributed by atoms with Gasteiger partial charge in [0.05, 0.1) is 34.2 Å². The van der Waals surface area contributed by atoms with E-state index in [2.05, 4.69) is 35.3 Å². The monoisotopic (exact) mass is 544 g/mol. The zero-order valence-electron chi connectivity index (χ0n) is 21.7. The largest absolute Gasteiger partial charge is 0.391 e. The summed E-state index contributed by atoms with van der Waals surface area (Å²) >= 11 is 1.41. The van der Waals surface area contributed by atoms with E-state index in [-0.39, 0.29) is 19.0 Å². The molecular weight excluding hydrogens is 509 g/mol. The predicted octanol–water partition coefficient (Wildman–Crippen LogP) is 7.77. The van der Waals surface area contributed by atoms with Crippen molar-refractivity contribution in [3.8, 4) is 0 Å². The summed E-state index contributed by atoms with van der Waals surface area (Å²) in [5, 5.41) is 8.63. The Morgan fingerprint density at radius 3 is 2.58 bits per heavy atom. The van der Waals surface area contributed by atoms with Crippen LogP contribution in [0.2, 0.25) is 0 Å². The average Bonchev–Trinajstić information content (AvgIpc) is 3.53. The van der Waals surface area contributed by atoms with Crippen LogP contribution in [0.15, 0.2) is 70.8 Å². The number of nitrogens with one attached hydrogen (secondary N) is 1. The molecule has 204 valence electrons. The summed E-state index contributed by atoms with van der Waals surface area (Å²) in [5.74, 6) is 1.16. The fraction of sp³-hybridized carbons (Fsp3) is 0.393. The molecule has 0 radical (unpaired) electrons. The molecule has 3 N–H and O–H groups in total. The zero-order chi connectivity index (χ0) is 27.7. The molecule has 38 heavy (non-hydrogen) atoms. The van der Waals surface area contributed by atoms with Gasteiger partial charge < -0.3 is 11.1 Å². The van der Waals surface area contributed by atoms with Crippen molar-refractivity contribution >= 4 is 40.4 Å². The normalized spacial score (nSPS) is 15.7. The number of amidine groups is 1. The molecule has 10 heteroatoms. The van der Waals surface area contributed by atoms with E-state index in [0.717, 1.165) is 36.1 Å². The molecule has 0 aromatic carbocycles. The van der Waals surface area contributed by atoms with Crippen LogP contribution in [0, 0.1) is 0 Å². The second-order valence-electron chi connectivity index (χ2n) is 9.22. The van der Waals surface area contributed by atoms with Crippen molar-refractivity contribution < 1.29 is 13.2 Å². The predicted molar refractivity (Wildman–Crippen MR) is 153 cm³/mol. The Hall–Kier alpha value is -3.40. The van der Waals surface area contributed by atoms with Crippen LogP contribution in [0.5, 0.6) is 0 Å². The smallest absolute Gasteiger partial charge is 0.389 e. The van der Waals surface area contributed by atoms with E-state index in [1.54, 1.807) is 18.3 Å². The van der Waals surface area contributed by atoms with Crippen molar-refractivity contribution in [2.45, 2.75) is 64.1 Å². The lowest BCUT2D eigenvalue weighted by Gasteiger charge is -2.23. The molecule has 2 heterocycles. The first-order valence-corrected chi connectivity index (χ1v) is 13.4. The van der Waals surface area contributed by atoms with E-state index < -0.39 is 12.6 Å². The van der Waals surface area contributed by atoms with Crippen molar-refractivity contribution in [3.63, 3.8) is 0 Å². The molecule has 1 saturated carbocycles.